The molecule has 3 unspecified atom stereocenters. The number of carbonyl (C=O) groups excluding carboxylic acids is 8. The van der Waals surface area contributed by atoms with Crippen LogP contribution >= 0.6 is 0 Å². The summed E-state index contributed by atoms with van der Waals surface area (Å²) in [6.45, 7) is 7.43. The number of cyclic esters (lactones) is 1. The third-order valence-electron chi connectivity index (χ3n) is 13.6. The molecule has 2 saturated carbocycles. The van der Waals surface area contributed by atoms with Gasteiger partial charge in [0.15, 0.2) is 30.0 Å². The third-order valence-corrected chi connectivity index (χ3v) is 13.6. The van der Waals surface area contributed by atoms with Crippen molar-refractivity contribution < 1.29 is 86.1 Å². The summed E-state index contributed by atoms with van der Waals surface area (Å²) in [4.78, 5) is 129. The van der Waals surface area contributed by atoms with Crippen LogP contribution in [0.3, 0.4) is 0 Å². The molecule has 4 heterocycles. The summed E-state index contributed by atoms with van der Waals surface area (Å²) in [5, 5.41) is 13.9. The minimum Gasteiger partial charge on any atom is -0.465 e. The number of ether oxygens (including phenoxy) is 9. The smallest absolute Gasteiger partial charge is 0.340 e. The molecule has 4 aliphatic rings. The van der Waals surface area contributed by atoms with Gasteiger partial charge in [-0.05, 0) is 44.2 Å². The van der Waals surface area contributed by atoms with Crippen LogP contribution < -0.4 is 5.56 Å². The van der Waals surface area contributed by atoms with Crippen LogP contribution in [0.2, 0.25) is 0 Å². The SMILES string of the molecule is CC(=O)OC[C@]12[C@H](OC(C)=O)[C@H](OC(C)=O)C3C(OC(C)=O)[C@@]14O[C@@]3(C)COC(=O)c1cccnc1[C@@H](C)[C@H](C)C(=O)OC([C@H](OC(=O)c1ccc(=O)n(C)c1)[C@@H]2OC(=O)c1ccccc1)[C@]4(C)O. The molecule has 3 aromatic rings. The summed E-state index contributed by atoms with van der Waals surface area (Å²) in [5.74, 6) is -12.5. The van der Waals surface area contributed by atoms with Gasteiger partial charge in [0.25, 0.3) is 0 Å². The van der Waals surface area contributed by atoms with Gasteiger partial charge in [0, 0.05) is 59.1 Å². The number of hydrogen-bond donors (Lipinski definition) is 1. The van der Waals surface area contributed by atoms with Crippen molar-refractivity contribution in [3.63, 3.8) is 0 Å². The molecule has 4 bridgehead atoms. The van der Waals surface area contributed by atoms with Gasteiger partial charge >= 0.3 is 47.8 Å². The second kappa shape index (κ2) is 18.5. The molecule has 368 valence electrons. The first kappa shape index (κ1) is 49.9. The first-order valence-electron chi connectivity index (χ1n) is 22.0. The van der Waals surface area contributed by atoms with Crippen LogP contribution in [0.15, 0.2) is 71.8 Å². The maximum absolute atomic E-state index is 14.9. The molecule has 2 aromatic heterocycles. The zero-order chi connectivity index (χ0) is 50.5. The van der Waals surface area contributed by atoms with E-state index in [1.165, 1.54) is 63.5 Å². The van der Waals surface area contributed by atoms with Gasteiger partial charge in [0.05, 0.1) is 34.2 Å². The monoisotopic (exact) mass is 960 g/mol. The number of rotatable bonds is 9. The number of esters is 8. The van der Waals surface area contributed by atoms with E-state index < -0.39 is 143 Å². The lowest BCUT2D eigenvalue weighted by Crippen LogP contribution is -2.89. The summed E-state index contributed by atoms with van der Waals surface area (Å²) >= 11 is 0. The zero-order valence-corrected chi connectivity index (χ0v) is 39.2. The lowest BCUT2D eigenvalue weighted by molar-refractivity contribution is -0.385. The van der Waals surface area contributed by atoms with Gasteiger partial charge < -0.3 is 52.3 Å². The normalized spacial score (nSPS) is 33.5. The van der Waals surface area contributed by atoms with E-state index in [1.54, 1.807) is 13.0 Å². The second-order valence-corrected chi connectivity index (χ2v) is 18.2. The fraction of sp³-hybridized carbons (Fsp3) is 0.500. The maximum atomic E-state index is 14.9. The first-order valence-corrected chi connectivity index (χ1v) is 22.0. The third kappa shape index (κ3) is 8.40. The van der Waals surface area contributed by atoms with E-state index in [0.29, 0.717) is 0 Å². The van der Waals surface area contributed by atoms with E-state index in [-0.39, 0.29) is 22.4 Å². The van der Waals surface area contributed by atoms with Gasteiger partial charge in [-0.2, -0.15) is 0 Å². The van der Waals surface area contributed by atoms with Crippen molar-refractivity contribution >= 4 is 47.8 Å². The van der Waals surface area contributed by atoms with Crippen LogP contribution in [-0.4, -0.2) is 129 Å². The fourth-order valence-electron chi connectivity index (χ4n) is 10.5. The molecule has 1 aromatic carbocycles. The molecule has 1 N–H and O–H groups in total. The van der Waals surface area contributed by atoms with Crippen LogP contribution in [0.1, 0.15) is 98.1 Å². The van der Waals surface area contributed by atoms with Crippen LogP contribution in [0.5, 0.6) is 0 Å². The maximum Gasteiger partial charge on any atom is 0.340 e. The van der Waals surface area contributed by atoms with Crippen molar-refractivity contribution in [2.24, 2.45) is 24.3 Å². The lowest BCUT2D eigenvalue weighted by Gasteiger charge is -2.67. The Morgan fingerprint density at radius 3 is 1.99 bits per heavy atom. The highest BCUT2D eigenvalue weighted by molar-refractivity contribution is 5.92. The van der Waals surface area contributed by atoms with E-state index in [9.17, 15) is 48.3 Å². The van der Waals surface area contributed by atoms with Gasteiger partial charge in [0.2, 0.25) is 5.56 Å². The molecule has 21 nitrogen and oxygen atoms in total. The number of fused-ring (bicyclic) bond motifs is 5. The van der Waals surface area contributed by atoms with Crippen LogP contribution in [0.4, 0.5) is 0 Å². The van der Waals surface area contributed by atoms with Gasteiger partial charge in [-0.1, -0.05) is 32.0 Å². The number of aliphatic hydroxyl groups is 1. The number of aryl methyl sites for hydroxylation is 1. The average Bonchev–Trinajstić information content (AvgIpc) is 3.51. The van der Waals surface area contributed by atoms with E-state index >= 15 is 0 Å². The van der Waals surface area contributed by atoms with Crippen LogP contribution in [-0.2, 0) is 73.7 Å². The van der Waals surface area contributed by atoms with Gasteiger partial charge in [-0.3, -0.25) is 33.8 Å². The highest BCUT2D eigenvalue weighted by atomic mass is 16.7. The average molecular weight is 961 g/mol. The Balaban J connectivity index is 1.66. The topological polar surface area (TPSA) is 275 Å². The fourth-order valence-corrected chi connectivity index (χ4v) is 10.5. The molecule has 21 heteroatoms. The minimum absolute atomic E-state index is 0.0799. The van der Waals surface area contributed by atoms with Crippen molar-refractivity contribution in [2.45, 2.75) is 115 Å². The molecule has 7 rings (SSSR count). The molecule has 69 heavy (non-hydrogen) atoms. The Morgan fingerprint density at radius 1 is 0.739 bits per heavy atom. The standard InChI is InChI=1S/C48H52N2O19/c1-23-24(2)41(56)67-38-36(66-43(58)30-17-18-32(55)50(9)20-30)40(68-42(57)29-14-11-10-12-15-29)47(22-61-25(3)51)39(65-28(6)54)35(63-26(4)52)33-37(64-27(5)53)48(47,46(38,8)60)69-45(33,7)21-62-44(59)31-16-13-19-49-34(23)31/h10-20,23-24,33,35-40,60H,21-22H2,1-9H3/t23-,24-,33?,35+,36-,37?,38?,39+,40-,45-,46-,47+,48-/m0/s1. The van der Waals surface area contributed by atoms with Crippen molar-refractivity contribution in [3.8, 4) is 0 Å². The largest absolute Gasteiger partial charge is 0.465 e. The predicted molar refractivity (Wildman–Crippen MR) is 231 cm³/mol. The first-order chi connectivity index (χ1) is 32.4. The van der Waals surface area contributed by atoms with Crippen molar-refractivity contribution in [1.82, 2.24) is 9.55 Å². The molecule has 0 radical (unpaired) electrons. The summed E-state index contributed by atoms with van der Waals surface area (Å²) in [6, 6.07) is 12.3. The van der Waals surface area contributed by atoms with Gasteiger partial charge in [-0.15, -0.1) is 0 Å². The number of carbonyl (C=O) groups is 8. The highest BCUT2D eigenvalue weighted by Crippen LogP contribution is 2.70. The summed E-state index contributed by atoms with van der Waals surface area (Å²) in [7, 11) is 1.35. The second-order valence-electron chi connectivity index (χ2n) is 18.2. The van der Waals surface area contributed by atoms with E-state index in [2.05, 4.69) is 4.98 Å². The Kier molecular flexibility index (Phi) is 13.4. The zero-order valence-electron chi connectivity index (χ0n) is 39.2. The molecule has 1 saturated heterocycles. The number of hydrogen-bond acceptors (Lipinski definition) is 20. The van der Waals surface area contributed by atoms with Crippen molar-refractivity contribution in [3.05, 3.63) is 99.7 Å². The van der Waals surface area contributed by atoms with Crippen molar-refractivity contribution in [1.29, 1.82) is 0 Å². The van der Waals surface area contributed by atoms with E-state index in [0.717, 1.165) is 57.5 Å². The summed E-state index contributed by atoms with van der Waals surface area (Å²) in [5.41, 5.74) is -11.7. The molecule has 3 fully saturated rings. The molecular weight excluding hydrogens is 909 g/mol. The molecule has 2 aliphatic carbocycles. The molecule has 1 spiro atoms. The molecular formula is C48H52N2O19. The Labute approximate surface area is 394 Å². The van der Waals surface area contributed by atoms with Crippen LogP contribution in [0, 0.1) is 17.3 Å². The molecule has 13 atom stereocenters. The number of pyridine rings is 2. The van der Waals surface area contributed by atoms with E-state index in [1.807, 2.05) is 0 Å². The number of aromatic nitrogens is 2. The van der Waals surface area contributed by atoms with Gasteiger partial charge in [0.1, 0.15) is 42.0 Å². The summed E-state index contributed by atoms with van der Waals surface area (Å²) < 4.78 is 57.5. The highest BCUT2D eigenvalue weighted by Gasteiger charge is 2.92. The van der Waals surface area contributed by atoms with Crippen molar-refractivity contribution in [2.75, 3.05) is 13.2 Å². The summed E-state index contributed by atoms with van der Waals surface area (Å²) in [6.07, 6.45) is -10.4. The number of benzene rings is 1. The Morgan fingerprint density at radius 2 is 1.36 bits per heavy atom. The lowest BCUT2D eigenvalue weighted by atomic mass is 9.45. The molecule has 0 amide bonds. The Bertz CT molecular complexity index is 2650. The quantitative estimate of drug-likeness (QED) is 0.238. The molecule has 2 aliphatic heterocycles. The van der Waals surface area contributed by atoms with Crippen LogP contribution in [0.25, 0.3) is 0 Å². The predicted octanol–water partition coefficient (Wildman–Crippen LogP) is 2.32. The minimum atomic E-state index is -2.98. The van der Waals surface area contributed by atoms with E-state index in [4.69, 9.17) is 42.6 Å². The van der Waals surface area contributed by atoms with Gasteiger partial charge in [-0.25, -0.2) is 14.4 Å². The number of nitrogens with zero attached hydrogens (tertiary/aromatic N) is 2. The Hall–Kier alpha value is -7.00.